The van der Waals surface area contributed by atoms with Crippen LogP contribution in [0.5, 0.6) is 0 Å². The molecule has 120 valence electrons. The molecule has 1 aliphatic carbocycles. The highest BCUT2D eigenvalue weighted by Crippen LogP contribution is 2.36. The lowest BCUT2D eigenvalue weighted by Gasteiger charge is -2.46. The third-order valence-electron chi connectivity index (χ3n) is 4.91. The van der Waals surface area contributed by atoms with E-state index in [1.54, 1.807) is 0 Å². The van der Waals surface area contributed by atoms with Gasteiger partial charge in [-0.25, -0.2) is 0 Å². The number of carbonyl (C=O) groups excluding carboxylic acids is 2. The molecule has 0 aromatic rings. The van der Waals surface area contributed by atoms with Gasteiger partial charge in [0.05, 0.1) is 0 Å². The molecule has 4 nitrogen and oxygen atoms in total. The summed E-state index contributed by atoms with van der Waals surface area (Å²) in [6, 6.07) is -0.295. The van der Waals surface area contributed by atoms with E-state index >= 15 is 0 Å². The van der Waals surface area contributed by atoms with Crippen molar-refractivity contribution in [3.05, 3.63) is 0 Å². The first-order valence-electron chi connectivity index (χ1n) is 8.50. The van der Waals surface area contributed by atoms with Crippen LogP contribution in [0.3, 0.4) is 0 Å². The number of hydrogen-bond acceptors (Lipinski definition) is 2. The zero-order chi connectivity index (χ0) is 15.6. The van der Waals surface area contributed by atoms with Gasteiger partial charge in [0.1, 0.15) is 11.6 Å². The molecule has 1 atom stereocenters. The number of piperazine rings is 1. The van der Waals surface area contributed by atoms with E-state index in [2.05, 4.69) is 19.2 Å². The summed E-state index contributed by atoms with van der Waals surface area (Å²) in [5.74, 6) is 1.02. The Balaban J connectivity index is 2.16. The SMILES string of the molecule is CC(C)CCCN1C(=O)C2(CCCC2)NC(=O)C1C(C)C. The molecule has 2 rings (SSSR count). The van der Waals surface area contributed by atoms with Gasteiger partial charge in [-0.05, 0) is 37.5 Å². The maximum atomic E-state index is 13.0. The van der Waals surface area contributed by atoms with E-state index in [0.29, 0.717) is 5.92 Å². The van der Waals surface area contributed by atoms with Crippen molar-refractivity contribution in [3.63, 3.8) is 0 Å². The normalized spacial score (nSPS) is 25.2. The maximum absolute atomic E-state index is 13.0. The average molecular weight is 294 g/mol. The van der Waals surface area contributed by atoms with E-state index < -0.39 is 5.54 Å². The fourth-order valence-electron chi connectivity index (χ4n) is 3.80. The number of nitrogens with zero attached hydrogens (tertiary/aromatic N) is 1. The van der Waals surface area contributed by atoms with Gasteiger partial charge in [0.2, 0.25) is 11.8 Å². The van der Waals surface area contributed by atoms with Crippen LogP contribution in [0.25, 0.3) is 0 Å². The molecule has 1 unspecified atom stereocenters. The predicted octanol–water partition coefficient (Wildman–Crippen LogP) is 2.72. The molecular weight excluding hydrogens is 264 g/mol. The molecule has 1 spiro atoms. The Hall–Kier alpha value is -1.06. The topological polar surface area (TPSA) is 49.4 Å². The summed E-state index contributed by atoms with van der Waals surface area (Å²) >= 11 is 0. The second-order valence-electron chi connectivity index (χ2n) is 7.50. The molecule has 1 aliphatic heterocycles. The highest BCUT2D eigenvalue weighted by atomic mass is 16.2. The van der Waals surface area contributed by atoms with Gasteiger partial charge in [0, 0.05) is 6.54 Å². The molecule has 1 N–H and O–H groups in total. The van der Waals surface area contributed by atoms with Crippen molar-refractivity contribution < 1.29 is 9.59 Å². The Morgan fingerprint density at radius 2 is 1.81 bits per heavy atom. The van der Waals surface area contributed by atoms with Gasteiger partial charge in [-0.2, -0.15) is 0 Å². The lowest BCUT2D eigenvalue weighted by molar-refractivity contribution is -0.156. The lowest BCUT2D eigenvalue weighted by atomic mass is 9.87. The summed E-state index contributed by atoms with van der Waals surface area (Å²) in [7, 11) is 0. The molecule has 0 aromatic carbocycles. The van der Waals surface area contributed by atoms with Crippen LogP contribution in [0.4, 0.5) is 0 Å². The third kappa shape index (κ3) is 3.24. The van der Waals surface area contributed by atoms with E-state index in [1.807, 2.05) is 18.7 Å². The van der Waals surface area contributed by atoms with Crippen LogP contribution in [0.2, 0.25) is 0 Å². The van der Waals surface area contributed by atoms with Gasteiger partial charge in [-0.1, -0.05) is 40.5 Å². The van der Waals surface area contributed by atoms with Crippen molar-refractivity contribution in [2.45, 2.75) is 77.8 Å². The summed E-state index contributed by atoms with van der Waals surface area (Å²) in [5.41, 5.74) is -0.583. The number of nitrogens with one attached hydrogen (secondary N) is 1. The largest absolute Gasteiger partial charge is 0.340 e. The van der Waals surface area contributed by atoms with Crippen LogP contribution in [-0.4, -0.2) is 34.8 Å². The monoisotopic (exact) mass is 294 g/mol. The molecule has 2 amide bonds. The van der Waals surface area contributed by atoms with E-state index in [9.17, 15) is 9.59 Å². The predicted molar refractivity (Wildman–Crippen MR) is 83.8 cm³/mol. The van der Waals surface area contributed by atoms with Gasteiger partial charge >= 0.3 is 0 Å². The summed E-state index contributed by atoms with van der Waals surface area (Å²) < 4.78 is 0. The zero-order valence-electron chi connectivity index (χ0n) is 13.9. The van der Waals surface area contributed by atoms with Crippen molar-refractivity contribution in [2.24, 2.45) is 11.8 Å². The first kappa shape index (κ1) is 16.3. The van der Waals surface area contributed by atoms with E-state index in [0.717, 1.165) is 45.1 Å². The summed E-state index contributed by atoms with van der Waals surface area (Å²) in [5, 5.41) is 3.07. The minimum Gasteiger partial charge on any atom is -0.340 e. The minimum atomic E-state index is -0.583. The third-order valence-corrected chi connectivity index (χ3v) is 4.91. The van der Waals surface area contributed by atoms with Gasteiger partial charge in [0.25, 0.3) is 0 Å². The molecule has 4 heteroatoms. The van der Waals surface area contributed by atoms with E-state index in [4.69, 9.17) is 0 Å². The van der Waals surface area contributed by atoms with E-state index in [1.165, 1.54) is 0 Å². The fraction of sp³-hybridized carbons (Fsp3) is 0.882. The highest BCUT2D eigenvalue weighted by molar-refractivity contribution is 6.00. The first-order chi connectivity index (χ1) is 9.87. The number of amides is 2. The molecular formula is C17H30N2O2. The van der Waals surface area contributed by atoms with Crippen LogP contribution in [0.15, 0.2) is 0 Å². The zero-order valence-corrected chi connectivity index (χ0v) is 13.9. The van der Waals surface area contributed by atoms with Gasteiger partial charge < -0.3 is 10.2 Å². The smallest absolute Gasteiger partial charge is 0.249 e. The molecule has 1 saturated carbocycles. The molecule has 0 bridgehead atoms. The summed E-state index contributed by atoms with van der Waals surface area (Å²) in [4.78, 5) is 27.4. The number of hydrogen-bond donors (Lipinski definition) is 1. The molecule has 2 fully saturated rings. The van der Waals surface area contributed by atoms with Crippen LogP contribution < -0.4 is 5.32 Å². The Labute approximate surface area is 128 Å². The quantitative estimate of drug-likeness (QED) is 0.847. The van der Waals surface area contributed by atoms with Crippen LogP contribution in [-0.2, 0) is 9.59 Å². The summed E-state index contributed by atoms with van der Waals surface area (Å²) in [6.45, 7) is 9.17. The van der Waals surface area contributed by atoms with Gasteiger partial charge in [-0.3, -0.25) is 9.59 Å². The Morgan fingerprint density at radius 1 is 1.19 bits per heavy atom. The highest BCUT2D eigenvalue weighted by Gasteiger charge is 2.52. The molecule has 1 heterocycles. The second kappa shape index (κ2) is 6.37. The van der Waals surface area contributed by atoms with Crippen LogP contribution >= 0.6 is 0 Å². The fourth-order valence-corrected chi connectivity index (χ4v) is 3.80. The average Bonchev–Trinajstić information content (AvgIpc) is 2.83. The second-order valence-corrected chi connectivity index (χ2v) is 7.50. The van der Waals surface area contributed by atoms with Gasteiger partial charge in [-0.15, -0.1) is 0 Å². The molecule has 0 radical (unpaired) electrons. The van der Waals surface area contributed by atoms with Crippen molar-refractivity contribution in [1.29, 1.82) is 0 Å². The molecule has 1 saturated heterocycles. The standard InChI is InChI=1S/C17H30N2O2/c1-12(2)8-7-11-19-14(13(3)4)15(20)18-17(16(19)21)9-5-6-10-17/h12-14H,5-11H2,1-4H3,(H,18,20). The van der Waals surface area contributed by atoms with Crippen molar-refractivity contribution in [1.82, 2.24) is 10.2 Å². The molecule has 0 aromatic heterocycles. The van der Waals surface area contributed by atoms with Gasteiger partial charge in [0.15, 0.2) is 0 Å². The lowest BCUT2D eigenvalue weighted by Crippen LogP contribution is -2.70. The van der Waals surface area contributed by atoms with Crippen LogP contribution in [0.1, 0.15) is 66.2 Å². The first-order valence-corrected chi connectivity index (χ1v) is 8.50. The maximum Gasteiger partial charge on any atom is 0.249 e. The Morgan fingerprint density at radius 3 is 2.33 bits per heavy atom. The number of carbonyl (C=O) groups is 2. The minimum absolute atomic E-state index is 0.0519. The van der Waals surface area contributed by atoms with Crippen molar-refractivity contribution in [2.75, 3.05) is 6.54 Å². The van der Waals surface area contributed by atoms with Crippen molar-refractivity contribution >= 4 is 11.8 Å². The van der Waals surface area contributed by atoms with Crippen molar-refractivity contribution in [3.8, 4) is 0 Å². The molecule has 2 aliphatic rings. The summed E-state index contributed by atoms with van der Waals surface area (Å²) in [6.07, 6.45) is 5.78. The molecule has 21 heavy (non-hydrogen) atoms. The number of rotatable bonds is 5. The Bertz CT molecular complexity index is 398. The van der Waals surface area contributed by atoms with Crippen LogP contribution in [0, 0.1) is 11.8 Å². The van der Waals surface area contributed by atoms with E-state index in [-0.39, 0.29) is 23.8 Å². The Kier molecular flexibility index (Phi) is 4.95.